The van der Waals surface area contributed by atoms with E-state index < -0.39 is 0 Å². The van der Waals surface area contributed by atoms with Crippen LogP contribution in [-0.4, -0.2) is 27.8 Å². The van der Waals surface area contributed by atoms with Crippen molar-refractivity contribution in [3.8, 4) is 11.5 Å². The molecule has 0 aliphatic carbocycles. The zero-order chi connectivity index (χ0) is 12.0. The van der Waals surface area contributed by atoms with Gasteiger partial charge in [-0.3, -0.25) is 0 Å². The Morgan fingerprint density at radius 3 is 2.69 bits per heavy atom. The van der Waals surface area contributed by atoms with E-state index in [9.17, 15) is 5.11 Å². The number of phenols is 2. The molecule has 0 heterocycles. The maximum atomic E-state index is 9.32. The van der Waals surface area contributed by atoms with Crippen LogP contribution in [0, 0.1) is 0 Å². The third-order valence-electron chi connectivity index (χ3n) is 2.27. The highest BCUT2D eigenvalue weighted by molar-refractivity contribution is 7.99. The number of aromatic hydroxyl groups is 2. The lowest BCUT2D eigenvalue weighted by Crippen LogP contribution is -2.27. The van der Waals surface area contributed by atoms with Crippen LogP contribution in [0.5, 0.6) is 11.5 Å². The Balaban J connectivity index is 2.39. The van der Waals surface area contributed by atoms with Crippen LogP contribution in [0.25, 0.3) is 0 Å². The third kappa shape index (κ3) is 4.33. The van der Waals surface area contributed by atoms with Gasteiger partial charge < -0.3 is 15.5 Å². The van der Waals surface area contributed by atoms with Crippen LogP contribution in [0.2, 0.25) is 0 Å². The summed E-state index contributed by atoms with van der Waals surface area (Å²) in [4.78, 5) is 0. The standard InChI is InChI=1S/C12H19NO2S/c1-3-16-8-9(2)13-7-10-4-5-11(14)12(15)6-10/h4-6,9,13-15H,3,7-8H2,1-2H3. The van der Waals surface area contributed by atoms with E-state index in [1.807, 2.05) is 17.8 Å². The lowest BCUT2D eigenvalue weighted by atomic mass is 10.2. The molecule has 3 nitrogen and oxygen atoms in total. The van der Waals surface area contributed by atoms with Gasteiger partial charge in [-0.15, -0.1) is 0 Å². The van der Waals surface area contributed by atoms with Gasteiger partial charge in [0, 0.05) is 18.3 Å². The molecule has 4 heteroatoms. The van der Waals surface area contributed by atoms with Gasteiger partial charge in [0.05, 0.1) is 0 Å². The lowest BCUT2D eigenvalue weighted by molar-refractivity contribution is 0.402. The third-order valence-corrected chi connectivity index (χ3v) is 3.41. The van der Waals surface area contributed by atoms with E-state index in [1.54, 1.807) is 6.07 Å². The zero-order valence-electron chi connectivity index (χ0n) is 9.73. The summed E-state index contributed by atoms with van der Waals surface area (Å²) >= 11 is 1.91. The topological polar surface area (TPSA) is 52.5 Å². The van der Waals surface area contributed by atoms with Crippen LogP contribution in [0.3, 0.4) is 0 Å². The Kier molecular flexibility index (Phi) is 5.49. The molecule has 1 unspecified atom stereocenters. The van der Waals surface area contributed by atoms with Crippen molar-refractivity contribution < 1.29 is 10.2 Å². The highest BCUT2D eigenvalue weighted by Crippen LogP contribution is 2.24. The number of benzene rings is 1. The molecule has 1 rings (SSSR count). The molecule has 0 fully saturated rings. The second kappa shape index (κ2) is 6.66. The fraction of sp³-hybridized carbons (Fsp3) is 0.500. The van der Waals surface area contributed by atoms with Gasteiger partial charge in [0.1, 0.15) is 0 Å². The van der Waals surface area contributed by atoms with E-state index in [0.29, 0.717) is 12.6 Å². The summed E-state index contributed by atoms with van der Waals surface area (Å²) in [7, 11) is 0. The minimum atomic E-state index is -0.0710. The molecule has 0 spiro atoms. The summed E-state index contributed by atoms with van der Waals surface area (Å²) in [6.45, 7) is 5.00. The van der Waals surface area contributed by atoms with Gasteiger partial charge in [-0.2, -0.15) is 11.8 Å². The fourth-order valence-electron chi connectivity index (χ4n) is 1.32. The molecule has 0 aliphatic heterocycles. The summed E-state index contributed by atoms with van der Waals surface area (Å²) in [5.74, 6) is 2.08. The minimum absolute atomic E-state index is 0.0603. The monoisotopic (exact) mass is 241 g/mol. The summed E-state index contributed by atoms with van der Waals surface area (Å²) in [6, 6.07) is 5.35. The molecule has 0 radical (unpaired) electrons. The Bertz CT molecular complexity index is 331. The Labute approximate surface area is 101 Å². The van der Waals surface area contributed by atoms with Crippen molar-refractivity contribution in [3.05, 3.63) is 23.8 Å². The largest absolute Gasteiger partial charge is 0.504 e. The summed E-state index contributed by atoms with van der Waals surface area (Å²) in [6.07, 6.45) is 0. The van der Waals surface area contributed by atoms with Gasteiger partial charge in [0.25, 0.3) is 0 Å². The molecule has 0 saturated carbocycles. The van der Waals surface area contributed by atoms with Crippen molar-refractivity contribution in [1.29, 1.82) is 0 Å². The highest BCUT2D eigenvalue weighted by Gasteiger charge is 2.03. The predicted octanol–water partition coefficient (Wildman–Crippen LogP) is 2.33. The Hall–Kier alpha value is -0.870. The molecule has 1 aromatic rings. The number of rotatable bonds is 6. The van der Waals surface area contributed by atoms with Gasteiger partial charge in [0.15, 0.2) is 11.5 Å². The second-order valence-electron chi connectivity index (χ2n) is 3.76. The molecular formula is C12H19NO2S. The maximum absolute atomic E-state index is 9.32. The van der Waals surface area contributed by atoms with Crippen molar-refractivity contribution >= 4 is 11.8 Å². The van der Waals surface area contributed by atoms with Gasteiger partial charge in [-0.05, 0) is 30.4 Å². The van der Waals surface area contributed by atoms with E-state index in [-0.39, 0.29) is 11.5 Å². The van der Waals surface area contributed by atoms with Gasteiger partial charge in [-0.25, -0.2) is 0 Å². The lowest BCUT2D eigenvalue weighted by Gasteiger charge is -2.13. The maximum Gasteiger partial charge on any atom is 0.157 e. The van der Waals surface area contributed by atoms with Crippen LogP contribution in [0.1, 0.15) is 19.4 Å². The number of phenolic OH excluding ortho intramolecular Hbond substituents is 2. The van der Waals surface area contributed by atoms with E-state index in [2.05, 4.69) is 19.2 Å². The van der Waals surface area contributed by atoms with Crippen LogP contribution >= 0.6 is 11.8 Å². The first-order valence-corrected chi connectivity index (χ1v) is 6.61. The van der Waals surface area contributed by atoms with Crippen molar-refractivity contribution in [2.45, 2.75) is 26.4 Å². The Morgan fingerprint density at radius 1 is 1.31 bits per heavy atom. The molecule has 0 amide bonds. The second-order valence-corrected chi connectivity index (χ2v) is 5.08. The first-order valence-electron chi connectivity index (χ1n) is 5.45. The van der Waals surface area contributed by atoms with E-state index in [1.165, 1.54) is 6.07 Å². The summed E-state index contributed by atoms with van der Waals surface area (Å²) in [5.41, 5.74) is 0.976. The predicted molar refractivity (Wildman–Crippen MR) is 69.1 cm³/mol. The SMILES string of the molecule is CCSCC(C)NCc1ccc(O)c(O)c1. The number of hydrogen-bond donors (Lipinski definition) is 3. The fourth-order valence-corrected chi connectivity index (χ4v) is 2.03. The van der Waals surface area contributed by atoms with Gasteiger partial charge >= 0.3 is 0 Å². The van der Waals surface area contributed by atoms with Crippen LogP contribution in [0.4, 0.5) is 0 Å². The molecule has 90 valence electrons. The van der Waals surface area contributed by atoms with Crippen molar-refractivity contribution in [2.75, 3.05) is 11.5 Å². The van der Waals surface area contributed by atoms with E-state index in [4.69, 9.17) is 5.11 Å². The highest BCUT2D eigenvalue weighted by atomic mass is 32.2. The first-order chi connectivity index (χ1) is 7.63. The quantitative estimate of drug-likeness (QED) is 0.669. The average Bonchev–Trinajstić information content (AvgIpc) is 2.28. The molecule has 0 aromatic heterocycles. The van der Waals surface area contributed by atoms with Gasteiger partial charge in [-0.1, -0.05) is 13.0 Å². The molecular weight excluding hydrogens is 222 g/mol. The van der Waals surface area contributed by atoms with Crippen LogP contribution < -0.4 is 5.32 Å². The molecule has 1 aromatic carbocycles. The first kappa shape index (κ1) is 13.2. The molecule has 0 aliphatic rings. The van der Waals surface area contributed by atoms with Crippen LogP contribution in [0.15, 0.2) is 18.2 Å². The normalized spacial score (nSPS) is 12.6. The molecule has 0 bridgehead atoms. The molecule has 0 saturated heterocycles. The number of thioether (sulfide) groups is 1. The van der Waals surface area contributed by atoms with E-state index >= 15 is 0 Å². The minimum Gasteiger partial charge on any atom is -0.504 e. The zero-order valence-corrected chi connectivity index (χ0v) is 10.5. The van der Waals surface area contributed by atoms with Crippen LogP contribution in [-0.2, 0) is 6.54 Å². The summed E-state index contributed by atoms with van der Waals surface area (Å²) in [5, 5.41) is 21.9. The van der Waals surface area contributed by atoms with Crippen molar-refractivity contribution in [3.63, 3.8) is 0 Å². The number of hydrogen-bond acceptors (Lipinski definition) is 4. The average molecular weight is 241 g/mol. The van der Waals surface area contributed by atoms with Crippen molar-refractivity contribution in [1.82, 2.24) is 5.32 Å². The van der Waals surface area contributed by atoms with Crippen molar-refractivity contribution in [2.24, 2.45) is 0 Å². The molecule has 16 heavy (non-hydrogen) atoms. The smallest absolute Gasteiger partial charge is 0.157 e. The van der Waals surface area contributed by atoms with Gasteiger partial charge in [0.2, 0.25) is 0 Å². The van der Waals surface area contributed by atoms with E-state index in [0.717, 1.165) is 17.1 Å². The Morgan fingerprint density at radius 2 is 2.06 bits per heavy atom. The summed E-state index contributed by atoms with van der Waals surface area (Å²) < 4.78 is 0. The molecule has 1 atom stereocenters. The molecule has 3 N–H and O–H groups in total. The number of nitrogens with one attached hydrogen (secondary N) is 1.